The van der Waals surface area contributed by atoms with Gasteiger partial charge in [-0.05, 0) is 30.5 Å². The number of benzene rings is 1. The van der Waals surface area contributed by atoms with Crippen LogP contribution in [0.5, 0.6) is 11.5 Å². The Kier molecular flexibility index (Phi) is 4.61. The maximum atomic E-state index is 11.9. The normalized spacial score (nSPS) is 12.6. The minimum Gasteiger partial charge on any atom is -0.457 e. The molecule has 20 heavy (non-hydrogen) atoms. The maximum Gasteiger partial charge on any atom is 0.306 e. The van der Waals surface area contributed by atoms with Crippen molar-refractivity contribution in [1.29, 1.82) is 0 Å². The lowest BCUT2D eigenvalue weighted by molar-refractivity contribution is -0.142. The Morgan fingerprint density at radius 2 is 2.00 bits per heavy atom. The molecule has 0 spiro atoms. The third-order valence-corrected chi connectivity index (χ3v) is 2.98. The van der Waals surface area contributed by atoms with Gasteiger partial charge in [0.1, 0.15) is 0 Å². The Morgan fingerprint density at radius 3 is 2.75 bits per heavy atom. The summed E-state index contributed by atoms with van der Waals surface area (Å²) in [5, 5.41) is 0. The first kappa shape index (κ1) is 14.4. The molecule has 0 fully saturated rings. The van der Waals surface area contributed by atoms with Gasteiger partial charge in [-0.25, -0.2) is 0 Å². The molecule has 2 rings (SSSR count). The van der Waals surface area contributed by atoms with Crippen molar-refractivity contribution in [2.45, 2.75) is 26.7 Å². The van der Waals surface area contributed by atoms with E-state index < -0.39 is 0 Å². The Labute approximate surface area is 117 Å². The number of carbonyl (C=O) groups excluding carboxylic acids is 2. The van der Waals surface area contributed by atoms with Crippen LogP contribution in [0.1, 0.15) is 37.0 Å². The van der Waals surface area contributed by atoms with E-state index >= 15 is 0 Å². The summed E-state index contributed by atoms with van der Waals surface area (Å²) < 4.78 is 15.3. The molecule has 0 aliphatic carbocycles. The molecule has 1 aliphatic heterocycles. The van der Waals surface area contributed by atoms with Crippen LogP contribution < -0.4 is 9.47 Å². The molecule has 1 aromatic carbocycles. The van der Waals surface area contributed by atoms with Crippen molar-refractivity contribution in [3.8, 4) is 11.5 Å². The summed E-state index contributed by atoms with van der Waals surface area (Å²) in [4.78, 5) is 23.4. The largest absolute Gasteiger partial charge is 0.457 e. The summed E-state index contributed by atoms with van der Waals surface area (Å²) in [7, 11) is 0. The zero-order valence-corrected chi connectivity index (χ0v) is 11.7. The van der Waals surface area contributed by atoms with Crippen LogP contribution in [0.3, 0.4) is 0 Å². The van der Waals surface area contributed by atoms with E-state index in [1.54, 1.807) is 18.2 Å². The summed E-state index contributed by atoms with van der Waals surface area (Å²) >= 11 is 0. The Hall–Kier alpha value is -2.04. The van der Waals surface area contributed by atoms with Crippen molar-refractivity contribution in [3.05, 3.63) is 23.8 Å². The van der Waals surface area contributed by atoms with Gasteiger partial charge in [0, 0.05) is 12.0 Å². The Balaban J connectivity index is 1.84. The molecule has 5 heteroatoms. The average Bonchev–Trinajstić information content (AvgIpc) is 2.89. The number of hydrogen-bond donors (Lipinski definition) is 0. The second kappa shape index (κ2) is 6.41. The fraction of sp³-hybridized carbons (Fsp3) is 0.467. The molecule has 0 saturated carbocycles. The average molecular weight is 278 g/mol. The first-order chi connectivity index (χ1) is 9.56. The van der Waals surface area contributed by atoms with Crippen molar-refractivity contribution < 1.29 is 23.8 Å². The predicted molar refractivity (Wildman–Crippen MR) is 71.9 cm³/mol. The fourth-order valence-corrected chi connectivity index (χ4v) is 1.78. The SMILES string of the molecule is CC(C)CCC(=O)OCC(=O)c1ccc2c(c1)OCO2. The molecule has 0 N–H and O–H groups in total. The topological polar surface area (TPSA) is 61.8 Å². The monoisotopic (exact) mass is 278 g/mol. The van der Waals surface area contributed by atoms with Crippen molar-refractivity contribution in [2.75, 3.05) is 13.4 Å². The second-order valence-electron chi connectivity index (χ2n) is 5.08. The number of hydrogen-bond acceptors (Lipinski definition) is 5. The molecule has 1 heterocycles. The predicted octanol–water partition coefficient (Wildman–Crippen LogP) is 2.58. The van der Waals surface area contributed by atoms with Gasteiger partial charge in [0.05, 0.1) is 0 Å². The summed E-state index contributed by atoms with van der Waals surface area (Å²) in [5.74, 6) is 1.01. The van der Waals surface area contributed by atoms with Crippen molar-refractivity contribution >= 4 is 11.8 Å². The highest BCUT2D eigenvalue weighted by Gasteiger charge is 2.17. The minimum absolute atomic E-state index is 0.164. The van der Waals surface area contributed by atoms with Crippen LogP contribution in [0.15, 0.2) is 18.2 Å². The molecule has 0 unspecified atom stereocenters. The zero-order chi connectivity index (χ0) is 14.5. The summed E-state index contributed by atoms with van der Waals surface area (Å²) in [6.45, 7) is 3.99. The molecule has 0 aromatic heterocycles. The van der Waals surface area contributed by atoms with Crippen LogP contribution in [0.2, 0.25) is 0 Å². The van der Waals surface area contributed by atoms with E-state index in [-0.39, 0.29) is 25.2 Å². The molecule has 0 atom stereocenters. The van der Waals surface area contributed by atoms with E-state index in [0.717, 1.165) is 6.42 Å². The van der Waals surface area contributed by atoms with Crippen LogP contribution in [-0.4, -0.2) is 25.2 Å². The highest BCUT2D eigenvalue weighted by molar-refractivity contribution is 5.98. The summed E-state index contributed by atoms with van der Waals surface area (Å²) in [6.07, 6.45) is 1.10. The third-order valence-electron chi connectivity index (χ3n) is 2.98. The number of esters is 1. The minimum atomic E-state index is -0.340. The summed E-state index contributed by atoms with van der Waals surface area (Å²) in [5.41, 5.74) is 0.450. The van der Waals surface area contributed by atoms with Gasteiger partial charge in [-0.15, -0.1) is 0 Å². The first-order valence-electron chi connectivity index (χ1n) is 6.64. The Bertz CT molecular complexity index is 507. The number of Topliss-reactive ketones (excluding diaryl/α,β-unsaturated/α-hetero) is 1. The van der Waals surface area contributed by atoms with Gasteiger partial charge in [0.25, 0.3) is 0 Å². The van der Waals surface area contributed by atoms with Crippen LogP contribution in [0, 0.1) is 5.92 Å². The molecule has 5 nitrogen and oxygen atoms in total. The van der Waals surface area contributed by atoms with Crippen LogP contribution in [-0.2, 0) is 9.53 Å². The van der Waals surface area contributed by atoms with Crippen molar-refractivity contribution in [2.24, 2.45) is 5.92 Å². The van der Waals surface area contributed by atoms with E-state index in [4.69, 9.17) is 14.2 Å². The molecule has 108 valence electrons. The smallest absolute Gasteiger partial charge is 0.306 e. The fourth-order valence-electron chi connectivity index (χ4n) is 1.78. The summed E-state index contributed by atoms with van der Waals surface area (Å²) in [6, 6.07) is 4.92. The van der Waals surface area contributed by atoms with E-state index in [0.29, 0.717) is 29.4 Å². The number of carbonyl (C=O) groups is 2. The van der Waals surface area contributed by atoms with Gasteiger partial charge >= 0.3 is 5.97 Å². The lowest BCUT2D eigenvalue weighted by Crippen LogP contribution is -2.14. The lowest BCUT2D eigenvalue weighted by atomic mass is 10.1. The molecule has 1 aliphatic rings. The quantitative estimate of drug-likeness (QED) is 0.591. The zero-order valence-electron chi connectivity index (χ0n) is 11.7. The standard InChI is InChI=1S/C15H18O5/c1-10(2)3-6-15(17)18-8-12(16)11-4-5-13-14(7-11)20-9-19-13/h4-5,7,10H,3,6,8-9H2,1-2H3. The lowest BCUT2D eigenvalue weighted by Gasteiger charge is -2.06. The molecule has 0 bridgehead atoms. The third kappa shape index (κ3) is 3.73. The number of fused-ring (bicyclic) bond motifs is 1. The van der Waals surface area contributed by atoms with Gasteiger partial charge in [-0.1, -0.05) is 13.8 Å². The second-order valence-corrected chi connectivity index (χ2v) is 5.08. The van der Waals surface area contributed by atoms with E-state index in [9.17, 15) is 9.59 Å². The number of ether oxygens (including phenoxy) is 3. The highest BCUT2D eigenvalue weighted by Crippen LogP contribution is 2.32. The number of ketones is 1. The first-order valence-corrected chi connectivity index (χ1v) is 6.64. The molecule has 0 radical (unpaired) electrons. The molecular formula is C15H18O5. The van der Waals surface area contributed by atoms with E-state index in [1.165, 1.54) is 0 Å². The van der Waals surface area contributed by atoms with Gasteiger partial charge in [0.2, 0.25) is 6.79 Å². The van der Waals surface area contributed by atoms with Gasteiger partial charge in [-0.2, -0.15) is 0 Å². The van der Waals surface area contributed by atoms with Crippen molar-refractivity contribution in [3.63, 3.8) is 0 Å². The van der Waals surface area contributed by atoms with Crippen molar-refractivity contribution in [1.82, 2.24) is 0 Å². The van der Waals surface area contributed by atoms with Gasteiger partial charge in [0.15, 0.2) is 23.9 Å². The van der Waals surface area contributed by atoms with Gasteiger partial charge in [-0.3, -0.25) is 9.59 Å². The molecule has 0 amide bonds. The Morgan fingerprint density at radius 1 is 1.25 bits per heavy atom. The van der Waals surface area contributed by atoms with E-state index in [1.807, 2.05) is 13.8 Å². The van der Waals surface area contributed by atoms with Crippen LogP contribution in [0.25, 0.3) is 0 Å². The molecule has 0 saturated heterocycles. The highest BCUT2D eigenvalue weighted by atomic mass is 16.7. The molecular weight excluding hydrogens is 260 g/mol. The van der Waals surface area contributed by atoms with E-state index in [2.05, 4.69) is 0 Å². The molecule has 1 aromatic rings. The van der Waals surface area contributed by atoms with Crippen LogP contribution >= 0.6 is 0 Å². The van der Waals surface area contributed by atoms with Crippen LogP contribution in [0.4, 0.5) is 0 Å². The maximum absolute atomic E-state index is 11.9. The number of rotatable bonds is 6. The van der Waals surface area contributed by atoms with Gasteiger partial charge < -0.3 is 14.2 Å².